The van der Waals surface area contributed by atoms with Crippen LogP contribution < -0.4 is 0 Å². The first-order valence-electron chi connectivity index (χ1n) is 9.56. The molecule has 6 atom stereocenters. The average molecular weight is 328 g/mol. The van der Waals surface area contributed by atoms with Crippen LogP contribution in [0.5, 0.6) is 0 Å². The summed E-state index contributed by atoms with van der Waals surface area (Å²) in [6.07, 6.45) is 14.7. The SMILES string of the molecule is C#C[C@]1(O)CC[C@H]2[C@@H]3CCC4=CC(=O)CC[C@@]4(O)[C@H]3CC[C@@]21CC. The maximum atomic E-state index is 11.8. The molecule has 0 bridgehead atoms. The number of rotatable bonds is 1. The minimum Gasteiger partial charge on any atom is -0.385 e. The Morgan fingerprint density at radius 2 is 1.92 bits per heavy atom. The second kappa shape index (κ2) is 5.19. The summed E-state index contributed by atoms with van der Waals surface area (Å²) in [4.78, 5) is 11.8. The second-order valence-corrected chi connectivity index (χ2v) is 8.57. The zero-order valence-corrected chi connectivity index (χ0v) is 14.6. The summed E-state index contributed by atoms with van der Waals surface area (Å²) in [6.45, 7) is 2.16. The van der Waals surface area contributed by atoms with E-state index in [2.05, 4.69) is 12.8 Å². The molecule has 0 aromatic carbocycles. The van der Waals surface area contributed by atoms with Crippen molar-refractivity contribution in [2.75, 3.05) is 0 Å². The molecular weight excluding hydrogens is 300 g/mol. The Balaban J connectivity index is 1.72. The van der Waals surface area contributed by atoms with Crippen molar-refractivity contribution in [3.05, 3.63) is 11.6 Å². The lowest BCUT2D eigenvalue weighted by atomic mass is 9.48. The molecule has 3 nitrogen and oxygen atoms in total. The van der Waals surface area contributed by atoms with Gasteiger partial charge in [-0.2, -0.15) is 0 Å². The van der Waals surface area contributed by atoms with E-state index in [1.165, 1.54) is 0 Å². The van der Waals surface area contributed by atoms with Crippen molar-refractivity contribution in [3.8, 4) is 12.3 Å². The maximum Gasteiger partial charge on any atom is 0.155 e. The summed E-state index contributed by atoms with van der Waals surface area (Å²) in [5.74, 6) is 3.92. The maximum absolute atomic E-state index is 11.8. The summed E-state index contributed by atoms with van der Waals surface area (Å²) in [5, 5.41) is 22.6. The number of carbonyl (C=O) groups is 1. The molecule has 0 radical (unpaired) electrons. The van der Waals surface area contributed by atoms with Crippen LogP contribution in [0.25, 0.3) is 0 Å². The van der Waals surface area contributed by atoms with Crippen molar-refractivity contribution in [2.24, 2.45) is 23.2 Å². The van der Waals surface area contributed by atoms with Gasteiger partial charge in [0.05, 0.1) is 5.60 Å². The molecule has 2 N–H and O–H groups in total. The molecule has 0 spiro atoms. The molecule has 3 saturated carbocycles. The lowest BCUT2D eigenvalue weighted by Crippen LogP contribution is -2.58. The highest BCUT2D eigenvalue weighted by Gasteiger charge is 2.65. The van der Waals surface area contributed by atoms with Crippen LogP contribution in [0.3, 0.4) is 0 Å². The number of carbonyl (C=O) groups excluding carboxylic acids is 1. The van der Waals surface area contributed by atoms with Gasteiger partial charge in [0.1, 0.15) is 5.60 Å². The third kappa shape index (κ3) is 1.85. The topological polar surface area (TPSA) is 57.5 Å². The van der Waals surface area contributed by atoms with Crippen LogP contribution in [0.4, 0.5) is 0 Å². The highest BCUT2D eigenvalue weighted by molar-refractivity contribution is 5.92. The van der Waals surface area contributed by atoms with Crippen LogP contribution in [0.2, 0.25) is 0 Å². The van der Waals surface area contributed by atoms with Gasteiger partial charge in [-0.3, -0.25) is 4.79 Å². The normalized spacial score (nSPS) is 50.3. The Kier molecular flexibility index (Phi) is 3.54. The van der Waals surface area contributed by atoms with Crippen LogP contribution in [0.1, 0.15) is 64.7 Å². The summed E-state index contributed by atoms with van der Waals surface area (Å²) < 4.78 is 0. The lowest BCUT2D eigenvalue weighted by Gasteiger charge is -2.58. The quantitative estimate of drug-likeness (QED) is 0.728. The van der Waals surface area contributed by atoms with Gasteiger partial charge in [0.2, 0.25) is 0 Å². The summed E-state index contributed by atoms with van der Waals surface area (Å²) in [7, 11) is 0. The molecule has 0 aromatic heterocycles. The fraction of sp³-hybridized carbons (Fsp3) is 0.762. The molecule has 0 aromatic rings. The number of hydrogen-bond donors (Lipinski definition) is 2. The molecule has 0 heterocycles. The molecule has 0 aliphatic heterocycles. The number of terminal acetylenes is 1. The van der Waals surface area contributed by atoms with E-state index in [1.807, 2.05) is 0 Å². The van der Waals surface area contributed by atoms with E-state index in [0.29, 0.717) is 31.1 Å². The van der Waals surface area contributed by atoms with Crippen LogP contribution in [-0.4, -0.2) is 27.2 Å². The van der Waals surface area contributed by atoms with E-state index in [9.17, 15) is 15.0 Å². The van der Waals surface area contributed by atoms with Gasteiger partial charge >= 0.3 is 0 Å². The highest BCUT2D eigenvalue weighted by Crippen LogP contribution is 2.66. The Morgan fingerprint density at radius 3 is 2.62 bits per heavy atom. The number of aliphatic hydroxyl groups is 2. The minimum atomic E-state index is -0.987. The molecule has 3 fully saturated rings. The van der Waals surface area contributed by atoms with Crippen LogP contribution in [0.15, 0.2) is 11.6 Å². The van der Waals surface area contributed by atoms with Gasteiger partial charge < -0.3 is 10.2 Å². The van der Waals surface area contributed by atoms with Crippen LogP contribution in [0, 0.1) is 35.5 Å². The number of fused-ring (bicyclic) bond motifs is 5. The van der Waals surface area contributed by atoms with Gasteiger partial charge in [-0.25, -0.2) is 0 Å². The Hall–Kier alpha value is -1.11. The predicted octanol–water partition coefficient (Wildman–Crippen LogP) is 3.00. The molecule has 0 unspecified atom stereocenters. The summed E-state index contributed by atoms with van der Waals surface area (Å²) in [6, 6.07) is 0. The molecule has 0 amide bonds. The summed E-state index contributed by atoms with van der Waals surface area (Å²) >= 11 is 0. The van der Waals surface area contributed by atoms with Gasteiger partial charge in [0.15, 0.2) is 5.78 Å². The van der Waals surface area contributed by atoms with Gasteiger partial charge in [0, 0.05) is 11.8 Å². The Labute approximate surface area is 144 Å². The zero-order valence-electron chi connectivity index (χ0n) is 14.6. The van der Waals surface area contributed by atoms with Crippen molar-refractivity contribution in [2.45, 2.75) is 75.9 Å². The first-order chi connectivity index (χ1) is 11.4. The molecular formula is C21H28O3. The van der Waals surface area contributed by atoms with Gasteiger partial charge in [-0.05, 0) is 80.8 Å². The third-order valence-electron chi connectivity index (χ3n) is 8.16. The molecule has 4 aliphatic rings. The van der Waals surface area contributed by atoms with Crippen LogP contribution >= 0.6 is 0 Å². The minimum absolute atomic E-state index is 0.161. The smallest absolute Gasteiger partial charge is 0.155 e. The Bertz CT molecular complexity index is 644. The van der Waals surface area contributed by atoms with Gasteiger partial charge in [0.25, 0.3) is 0 Å². The highest BCUT2D eigenvalue weighted by atomic mass is 16.3. The van der Waals surface area contributed by atoms with E-state index in [-0.39, 0.29) is 17.1 Å². The van der Waals surface area contributed by atoms with Crippen molar-refractivity contribution >= 4 is 5.78 Å². The van der Waals surface area contributed by atoms with Crippen molar-refractivity contribution in [1.82, 2.24) is 0 Å². The van der Waals surface area contributed by atoms with Crippen LogP contribution in [-0.2, 0) is 4.79 Å². The van der Waals surface area contributed by atoms with Crippen molar-refractivity contribution < 1.29 is 15.0 Å². The largest absolute Gasteiger partial charge is 0.385 e. The van der Waals surface area contributed by atoms with Crippen molar-refractivity contribution in [1.29, 1.82) is 0 Å². The van der Waals surface area contributed by atoms with E-state index >= 15 is 0 Å². The molecule has 3 heteroatoms. The second-order valence-electron chi connectivity index (χ2n) is 8.57. The average Bonchev–Trinajstić information content (AvgIpc) is 2.89. The predicted molar refractivity (Wildman–Crippen MR) is 92.0 cm³/mol. The van der Waals surface area contributed by atoms with Crippen molar-refractivity contribution in [3.63, 3.8) is 0 Å². The lowest BCUT2D eigenvalue weighted by molar-refractivity contribution is -0.142. The first-order valence-corrected chi connectivity index (χ1v) is 9.56. The zero-order chi connectivity index (χ0) is 17.2. The monoisotopic (exact) mass is 328 g/mol. The summed E-state index contributed by atoms with van der Waals surface area (Å²) in [5.41, 5.74) is -1.01. The fourth-order valence-corrected chi connectivity index (χ4v) is 6.96. The van der Waals surface area contributed by atoms with E-state index in [1.54, 1.807) is 6.08 Å². The van der Waals surface area contributed by atoms with Gasteiger partial charge in [-0.1, -0.05) is 12.8 Å². The molecule has 4 aliphatic carbocycles. The molecule has 0 saturated heterocycles. The fourth-order valence-electron chi connectivity index (χ4n) is 6.96. The number of ketones is 1. The first kappa shape index (κ1) is 16.4. The molecule has 24 heavy (non-hydrogen) atoms. The van der Waals surface area contributed by atoms with E-state index in [4.69, 9.17) is 6.42 Å². The number of hydrogen-bond acceptors (Lipinski definition) is 3. The Morgan fingerprint density at radius 1 is 1.17 bits per heavy atom. The standard InChI is InChI=1S/C21H28O3/c1-3-19-10-8-18-16(17(19)9-11-20(19,23)4-2)6-5-14-13-15(22)7-12-21(14,18)24/h2,13,16-18,23-24H,3,5-12H2,1H3/t16-,17-,18-,19-,20-,21-/m0/s1. The molecule has 4 rings (SSSR count). The van der Waals surface area contributed by atoms with E-state index in [0.717, 1.165) is 44.1 Å². The third-order valence-corrected chi connectivity index (χ3v) is 8.16. The van der Waals surface area contributed by atoms with Gasteiger partial charge in [-0.15, -0.1) is 6.42 Å². The molecule has 130 valence electrons. The van der Waals surface area contributed by atoms with E-state index < -0.39 is 11.2 Å².